The Bertz CT molecular complexity index is 624. The van der Waals surface area contributed by atoms with Crippen LogP contribution in [-0.4, -0.2) is 43.6 Å². The van der Waals surface area contributed by atoms with Crippen LogP contribution < -0.4 is 0 Å². The molecule has 2 aromatic rings. The fourth-order valence-electron chi connectivity index (χ4n) is 2.85. The summed E-state index contributed by atoms with van der Waals surface area (Å²) in [5.41, 5.74) is 1.15. The Kier molecular flexibility index (Phi) is 4.52. The molecule has 118 valence electrons. The van der Waals surface area contributed by atoms with E-state index >= 15 is 0 Å². The van der Waals surface area contributed by atoms with E-state index in [0.29, 0.717) is 5.92 Å². The number of likely N-dealkylation sites (tertiary alicyclic amines) is 1. The van der Waals surface area contributed by atoms with Gasteiger partial charge in [0, 0.05) is 24.4 Å². The molecule has 0 saturated carbocycles. The van der Waals surface area contributed by atoms with Crippen molar-refractivity contribution in [3.05, 3.63) is 28.7 Å². The van der Waals surface area contributed by atoms with Crippen LogP contribution in [0.2, 0.25) is 0 Å². The van der Waals surface area contributed by atoms with Gasteiger partial charge in [-0.2, -0.15) is 5.10 Å². The second-order valence-corrected chi connectivity index (χ2v) is 6.60. The summed E-state index contributed by atoms with van der Waals surface area (Å²) in [6.45, 7) is 5.57. The maximum atomic E-state index is 12.7. The van der Waals surface area contributed by atoms with Crippen LogP contribution in [-0.2, 0) is 11.2 Å². The molecule has 2 aromatic heterocycles. The van der Waals surface area contributed by atoms with E-state index in [4.69, 9.17) is 4.98 Å². The first-order valence-corrected chi connectivity index (χ1v) is 8.64. The van der Waals surface area contributed by atoms with Gasteiger partial charge in [0.05, 0.1) is 10.7 Å². The average Bonchev–Trinajstić information content (AvgIpc) is 3.24. The summed E-state index contributed by atoms with van der Waals surface area (Å²) in [6.07, 6.45) is 6.16. The van der Waals surface area contributed by atoms with E-state index in [1.807, 2.05) is 11.8 Å². The fourth-order valence-corrected chi connectivity index (χ4v) is 3.88. The normalized spacial score (nSPS) is 20.1. The van der Waals surface area contributed by atoms with Crippen LogP contribution in [0.1, 0.15) is 49.4 Å². The van der Waals surface area contributed by atoms with Crippen molar-refractivity contribution in [3.8, 4) is 0 Å². The van der Waals surface area contributed by atoms with Crippen LogP contribution in [0.15, 0.2) is 18.0 Å². The van der Waals surface area contributed by atoms with Gasteiger partial charge in [0.15, 0.2) is 0 Å². The second kappa shape index (κ2) is 6.56. The zero-order valence-corrected chi connectivity index (χ0v) is 13.8. The van der Waals surface area contributed by atoms with E-state index in [1.165, 1.54) is 11.3 Å². The highest BCUT2D eigenvalue weighted by Gasteiger charge is 2.29. The summed E-state index contributed by atoms with van der Waals surface area (Å²) in [5, 5.41) is 7.37. The van der Waals surface area contributed by atoms with E-state index in [9.17, 15) is 4.79 Å². The molecule has 0 unspecified atom stereocenters. The van der Waals surface area contributed by atoms with Crippen LogP contribution >= 0.6 is 11.3 Å². The zero-order chi connectivity index (χ0) is 15.5. The minimum atomic E-state index is -0.302. The Hall–Kier alpha value is -1.76. The predicted molar refractivity (Wildman–Crippen MR) is 84.8 cm³/mol. The first-order valence-electron chi connectivity index (χ1n) is 7.76. The molecule has 2 atom stereocenters. The monoisotopic (exact) mass is 319 g/mol. The van der Waals surface area contributed by atoms with Crippen LogP contribution in [0.3, 0.4) is 0 Å². The van der Waals surface area contributed by atoms with Gasteiger partial charge in [-0.25, -0.2) is 14.6 Å². The van der Waals surface area contributed by atoms with Crippen molar-refractivity contribution in [1.29, 1.82) is 0 Å². The first kappa shape index (κ1) is 15.1. The summed E-state index contributed by atoms with van der Waals surface area (Å²) >= 11 is 1.72. The molecular weight excluding hydrogens is 298 g/mol. The van der Waals surface area contributed by atoms with Gasteiger partial charge >= 0.3 is 0 Å². The van der Waals surface area contributed by atoms with Gasteiger partial charge in [-0.05, 0) is 26.2 Å². The molecule has 1 fully saturated rings. The quantitative estimate of drug-likeness (QED) is 0.867. The SMILES string of the molecule is CCc1csc([C@H]2CCCN(C(=O)[C@H](C)n3cncn3)C2)n1. The van der Waals surface area contributed by atoms with Gasteiger partial charge in [-0.15, -0.1) is 11.3 Å². The molecule has 0 bridgehead atoms. The molecule has 1 saturated heterocycles. The van der Waals surface area contributed by atoms with Crippen molar-refractivity contribution in [2.45, 2.75) is 45.1 Å². The number of carbonyl (C=O) groups is 1. The molecule has 1 aliphatic heterocycles. The Morgan fingerprint density at radius 2 is 2.41 bits per heavy atom. The molecule has 1 amide bonds. The number of thiazole rings is 1. The van der Waals surface area contributed by atoms with E-state index in [-0.39, 0.29) is 11.9 Å². The second-order valence-electron chi connectivity index (χ2n) is 5.71. The molecule has 3 heterocycles. The van der Waals surface area contributed by atoms with Crippen molar-refractivity contribution in [3.63, 3.8) is 0 Å². The van der Waals surface area contributed by atoms with Crippen molar-refractivity contribution in [2.75, 3.05) is 13.1 Å². The average molecular weight is 319 g/mol. The standard InChI is InChI=1S/C15H21N5OS/c1-3-13-8-22-14(18-13)12-5-4-6-19(7-12)15(21)11(2)20-10-16-9-17-20/h8-12H,3-7H2,1-2H3/t11-,12-/m0/s1. The lowest BCUT2D eigenvalue weighted by Gasteiger charge is -2.33. The lowest BCUT2D eigenvalue weighted by Crippen LogP contribution is -2.42. The number of rotatable bonds is 4. The summed E-state index contributed by atoms with van der Waals surface area (Å²) in [4.78, 5) is 23.2. The van der Waals surface area contributed by atoms with Crippen LogP contribution in [0.5, 0.6) is 0 Å². The molecule has 0 N–H and O–H groups in total. The van der Waals surface area contributed by atoms with Crippen molar-refractivity contribution in [1.82, 2.24) is 24.6 Å². The number of aryl methyl sites for hydroxylation is 1. The van der Waals surface area contributed by atoms with Crippen LogP contribution in [0.25, 0.3) is 0 Å². The number of piperidine rings is 1. The first-order chi connectivity index (χ1) is 10.7. The van der Waals surface area contributed by atoms with E-state index in [1.54, 1.807) is 22.3 Å². The van der Waals surface area contributed by atoms with Gasteiger partial charge in [0.2, 0.25) is 5.91 Å². The maximum Gasteiger partial charge on any atom is 0.247 e. The van der Waals surface area contributed by atoms with Gasteiger partial charge in [0.25, 0.3) is 0 Å². The largest absolute Gasteiger partial charge is 0.340 e. The number of hydrogen-bond acceptors (Lipinski definition) is 5. The van der Waals surface area contributed by atoms with E-state index < -0.39 is 0 Å². The molecule has 22 heavy (non-hydrogen) atoms. The lowest BCUT2D eigenvalue weighted by molar-refractivity contribution is -0.135. The lowest BCUT2D eigenvalue weighted by atomic mass is 9.98. The highest BCUT2D eigenvalue weighted by molar-refractivity contribution is 7.09. The number of carbonyl (C=O) groups excluding carboxylic acids is 1. The van der Waals surface area contributed by atoms with Crippen molar-refractivity contribution >= 4 is 17.2 Å². The molecule has 3 rings (SSSR count). The Labute approximate surface area is 134 Å². The molecular formula is C15H21N5OS. The van der Waals surface area contributed by atoms with E-state index in [2.05, 4.69) is 22.4 Å². The minimum absolute atomic E-state index is 0.113. The van der Waals surface area contributed by atoms with Gasteiger partial charge in [-0.1, -0.05) is 6.92 Å². The maximum absolute atomic E-state index is 12.7. The minimum Gasteiger partial charge on any atom is -0.340 e. The smallest absolute Gasteiger partial charge is 0.247 e. The van der Waals surface area contributed by atoms with Crippen LogP contribution in [0.4, 0.5) is 0 Å². The molecule has 0 radical (unpaired) electrons. The van der Waals surface area contributed by atoms with Gasteiger partial charge < -0.3 is 4.90 Å². The zero-order valence-electron chi connectivity index (χ0n) is 13.0. The molecule has 0 aromatic carbocycles. The van der Waals surface area contributed by atoms with Crippen LogP contribution in [0, 0.1) is 0 Å². The molecule has 0 aliphatic carbocycles. The van der Waals surface area contributed by atoms with E-state index in [0.717, 1.165) is 38.0 Å². The van der Waals surface area contributed by atoms with Crippen molar-refractivity contribution < 1.29 is 4.79 Å². The third kappa shape index (κ3) is 3.04. The predicted octanol–water partition coefficient (Wildman–Crippen LogP) is 2.26. The summed E-state index contributed by atoms with van der Waals surface area (Å²) in [6, 6.07) is -0.302. The van der Waals surface area contributed by atoms with Gasteiger partial charge in [0.1, 0.15) is 18.7 Å². The Morgan fingerprint density at radius 1 is 1.55 bits per heavy atom. The number of amides is 1. The summed E-state index contributed by atoms with van der Waals surface area (Å²) in [5.74, 6) is 0.480. The summed E-state index contributed by atoms with van der Waals surface area (Å²) in [7, 11) is 0. The third-order valence-corrected chi connectivity index (χ3v) is 5.26. The number of hydrogen-bond donors (Lipinski definition) is 0. The Balaban J connectivity index is 1.68. The van der Waals surface area contributed by atoms with Gasteiger partial charge in [-0.3, -0.25) is 4.79 Å². The number of nitrogens with zero attached hydrogens (tertiary/aromatic N) is 5. The number of aromatic nitrogens is 4. The van der Waals surface area contributed by atoms with Crippen molar-refractivity contribution in [2.24, 2.45) is 0 Å². The molecule has 1 aliphatic rings. The third-order valence-electron chi connectivity index (χ3n) is 4.20. The molecule has 0 spiro atoms. The highest BCUT2D eigenvalue weighted by atomic mass is 32.1. The summed E-state index contributed by atoms with van der Waals surface area (Å²) < 4.78 is 1.62. The fraction of sp³-hybridized carbons (Fsp3) is 0.600. The Morgan fingerprint density at radius 3 is 3.09 bits per heavy atom. The molecule has 6 nitrogen and oxygen atoms in total. The molecule has 7 heteroatoms. The highest BCUT2D eigenvalue weighted by Crippen LogP contribution is 2.30. The topological polar surface area (TPSA) is 63.9 Å².